The molecule has 6 nitrogen and oxygen atoms in total. The summed E-state index contributed by atoms with van der Waals surface area (Å²) in [7, 11) is -1.32. The summed E-state index contributed by atoms with van der Waals surface area (Å²) < 4.78 is 26.6. The largest absolute Gasteiger partial charge is 0.497 e. The predicted molar refractivity (Wildman–Crippen MR) is 111 cm³/mol. The number of nitrogens with zero attached hydrogens (tertiary/aromatic N) is 2. The zero-order valence-corrected chi connectivity index (χ0v) is 16.2. The number of pyridine rings is 1. The van der Waals surface area contributed by atoms with Gasteiger partial charge in [-0.15, -0.1) is 0 Å². The second-order valence-corrected chi connectivity index (χ2v) is 8.99. The van der Waals surface area contributed by atoms with Crippen molar-refractivity contribution in [3.63, 3.8) is 0 Å². The number of fused-ring (bicyclic) bond motifs is 2. The van der Waals surface area contributed by atoms with Crippen molar-refractivity contribution in [1.82, 2.24) is 4.98 Å². The van der Waals surface area contributed by atoms with E-state index in [0.717, 1.165) is 27.8 Å². The SMILES string of the molecule is COc1ccc2c(c1)S(O)(O)CCN(c1cc(N)c3cccc(C)c3n1)C2. The molecule has 0 amide bonds. The van der Waals surface area contributed by atoms with Gasteiger partial charge in [0.25, 0.3) is 0 Å². The topological polar surface area (TPSA) is 91.8 Å². The number of ether oxygens (including phenoxy) is 1. The van der Waals surface area contributed by atoms with E-state index in [9.17, 15) is 9.11 Å². The number of anilines is 2. The first-order valence-corrected chi connectivity index (χ1v) is 10.4. The lowest BCUT2D eigenvalue weighted by Crippen LogP contribution is -2.26. The average molecular weight is 385 g/mol. The molecule has 0 aliphatic carbocycles. The van der Waals surface area contributed by atoms with Crippen LogP contribution in [0.2, 0.25) is 0 Å². The summed E-state index contributed by atoms with van der Waals surface area (Å²) >= 11 is 0. The minimum atomic E-state index is -2.89. The Labute approximate surface area is 159 Å². The van der Waals surface area contributed by atoms with Crippen molar-refractivity contribution < 1.29 is 13.8 Å². The zero-order valence-electron chi connectivity index (χ0n) is 15.3. The van der Waals surface area contributed by atoms with Crippen molar-refractivity contribution in [2.45, 2.75) is 18.4 Å². The van der Waals surface area contributed by atoms with E-state index in [1.165, 1.54) is 0 Å². The molecule has 2 aromatic carbocycles. The first-order valence-electron chi connectivity index (χ1n) is 8.73. The fraction of sp³-hybridized carbons (Fsp3) is 0.250. The highest BCUT2D eigenvalue weighted by Gasteiger charge is 2.27. The monoisotopic (exact) mass is 385 g/mol. The molecule has 1 aromatic heterocycles. The quantitative estimate of drug-likeness (QED) is 0.610. The Morgan fingerprint density at radius 2 is 2.00 bits per heavy atom. The van der Waals surface area contributed by atoms with Crippen LogP contribution in [0.25, 0.3) is 10.9 Å². The van der Waals surface area contributed by atoms with Crippen LogP contribution in [0.15, 0.2) is 47.4 Å². The average Bonchev–Trinajstić information content (AvgIpc) is 2.78. The van der Waals surface area contributed by atoms with E-state index in [0.29, 0.717) is 29.4 Å². The molecule has 2 heterocycles. The van der Waals surface area contributed by atoms with Crippen LogP contribution in [-0.2, 0) is 6.54 Å². The summed E-state index contributed by atoms with van der Waals surface area (Å²) in [5.41, 5.74) is 9.75. The molecule has 0 atom stereocenters. The summed E-state index contributed by atoms with van der Waals surface area (Å²) in [5, 5.41) is 0.933. The lowest BCUT2D eigenvalue weighted by Gasteiger charge is -2.32. The Balaban J connectivity index is 1.79. The summed E-state index contributed by atoms with van der Waals surface area (Å²) in [5.74, 6) is 1.60. The van der Waals surface area contributed by atoms with Gasteiger partial charge in [-0.3, -0.25) is 9.11 Å². The van der Waals surface area contributed by atoms with Gasteiger partial charge in [0, 0.05) is 36.3 Å². The number of nitrogens with two attached hydrogens (primary N) is 1. The molecule has 142 valence electrons. The smallest absolute Gasteiger partial charge is 0.131 e. The second kappa shape index (κ2) is 6.60. The van der Waals surface area contributed by atoms with Crippen LogP contribution in [0.4, 0.5) is 11.5 Å². The van der Waals surface area contributed by atoms with Gasteiger partial charge in [0.15, 0.2) is 0 Å². The Morgan fingerprint density at radius 3 is 2.78 bits per heavy atom. The highest BCUT2D eigenvalue weighted by atomic mass is 32.3. The van der Waals surface area contributed by atoms with Crippen LogP contribution in [-0.4, -0.2) is 33.5 Å². The third-order valence-corrected chi connectivity index (χ3v) is 6.85. The van der Waals surface area contributed by atoms with Crippen molar-refractivity contribution in [3.05, 3.63) is 53.6 Å². The second-order valence-electron chi connectivity index (χ2n) is 6.81. The number of rotatable bonds is 2. The Bertz CT molecular complexity index is 1020. The number of para-hydroxylation sites is 1. The predicted octanol–water partition coefficient (Wildman–Crippen LogP) is 4.26. The maximum Gasteiger partial charge on any atom is 0.131 e. The molecular formula is C20H23N3O3S. The normalized spacial score (nSPS) is 17.3. The lowest BCUT2D eigenvalue weighted by molar-refractivity contribution is 0.412. The minimum Gasteiger partial charge on any atom is -0.497 e. The molecule has 7 heteroatoms. The lowest BCUT2D eigenvalue weighted by atomic mass is 10.1. The van der Waals surface area contributed by atoms with Crippen LogP contribution >= 0.6 is 10.6 Å². The first kappa shape index (κ1) is 17.9. The molecule has 0 unspecified atom stereocenters. The van der Waals surface area contributed by atoms with E-state index in [1.54, 1.807) is 13.2 Å². The van der Waals surface area contributed by atoms with Crippen LogP contribution in [0.3, 0.4) is 0 Å². The standard InChI is InChI=1S/C20H23N3O3S/c1-13-4-3-5-16-17(21)11-19(22-20(13)16)23-8-9-27(24,25)18-10-15(26-2)7-6-14(18)12-23/h3-7,10-11,24-25H,8-9,12H2,1-2H3,(H2,21,22). The van der Waals surface area contributed by atoms with E-state index in [-0.39, 0.29) is 5.75 Å². The Hall–Kier alpha value is -2.48. The van der Waals surface area contributed by atoms with Crippen molar-refractivity contribution in [2.75, 3.05) is 30.0 Å². The van der Waals surface area contributed by atoms with Gasteiger partial charge < -0.3 is 15.4 Å². The molecule has 0 radical (unpaired) electrons. The van der Waals surface area contributed by atoms with E-state index in [1.807, 2.05) is 43.3 Å². The zero-order chi connectivity index (χ0) is 19.2. The Kier molecular flexibility index (Phi) is 4.38. The fourth-order valence-electron chi connectivity index (χ4n) is 3.49. The number of aryl methyl sites for hydroxylation is 1. The van der Waals surface area contributed by atoms with Gasteiger partial charge in [-0.1, -0.05) is 24.3 Å². The molecule has 4 N–H and O–H groups in total. The first-order chi connectivity index (χ1) is 12.9. The van der Waals surface area contributed by atoms with Crippen molar-refractivity contribution >= 4 is 33.0 Å². The molecule has 4 rings (SSSR count). The van der Waals surface area contributed by atoms with Gasteiger partial charge in [-0.25, -0.2) is 4.98 Å². The van der Waals surface area contributed by atoms with Crippen molar-refractivity contribution in [3.8, 4) is 5.75 Å². The molecule has 3 aromatic rings. The number of hydrogen-bond acceptors (Lipinski definition) is 6. The molecule has 0 saturated carbocycles. The summed E-state index contributed by atoms with van der Waals surface area (Å²) in [6, 6.07) is 13.3. The third kappa shape index (κ3) is 3.18. The molecule has 0 saturated heterocycles. The van der Waals surface area contributed by atoms with Crippen LogP contribution in [0.5, 0.6) is 5.75 Å². The molecule has 27 heavy (non-hydrogen) atoms. The molecule has 0 spiro atoms. The van der Waals surface area contributed by atoms with E-state index in [2.05, 4.69) is 4.90 Å². The van der Waals surface area contributed by atoms with E-state index >= 15 is 0 Å². The van der Waals surface area contributed by atoms with Gasteiger partial charge in [-0.2, -0.15) is 10.6 Å². The van der Waals surface area contributed by atoms with Gasteiger partial charge in [0.05, 0.1) is 23.3 Å². The number of hydrogen-bond donors (Lipinski definition) is 3. The van der Waals surface area contributed by atoms with Crippen LogP contribution < -0.4 is 15.4 Å². The number of nitrogen functional groups attached to an aromatic ring is 1. The molecule has 0 fully saturated rings. The van der Waals surface area contributed by atoms with Gasteiger partial charge in [-0.05, 0) is 24.1 Å². The number of aromatic nitrogens is 1. The van der Waals surface area contributed by atoms with Gasteiger partial charge >= 0.3 is 0 Å². The fourth-order valence-corrected chi connectivity index (χ4v) is 5.04. The Morgan fingerprint density at radius 1 is 1.19 bits per heavy atom. The molecule has 1 aliphatic heterocycles. The summed E-state index contributed by atoms with van der Waals surface area (Å²) in [6.45, 7) is 3.02. The maximum absolute atomic E-state index is 10.7. The molecular weight excluding hydrogens is 362 g/mol. The highest BCUT2D eigenvalue weighted by Crippen LogP contribution is 2.52. The van der Waals surface area contributed by atoms with E-state index in [4.69, 9.17) is 15.5 Å². The summed E-state index contributed by atoms with van der Waals surface area (Å²) in [4.78, 5) is 7.42. The third-order valence-electron chi connectivity index (χ3n) is 5.02. The van der Waals surface area contributed by atoms with Crippen molar-refractivity contribution in [2.24, 2.45) is 0 Å². The number of methoxy groups -OCH3 is 1. The van der Waals surface area contributed by atoms with Gasteiger partial charge in [0.1, 0.15) is 11.6 Å². The summed E-state index contributed by atoms with van der Waals surface area (Å²) in [6.07, 6.45) is 0. The van der Waals surface area contributed by atoms with Gasteiger partial charge in [0.2, 0.25) is 0 Å². The van der Waals surface area contributed by atoms with Crippen molar-refractivity contribution in [1.29, 1.82) is 0 Å². The molecule has 1 aliphatic rings. The van der Waals surface area contributed by atoms with Crippen LogP contribution in [0, 0.1) is 6.92 Å². The minimum absolute atomic E-state index is 0.237. The highest BCUT2D eigenvalue weighted by molar-refractivity contribution is 8.24. The molecule has 0 bridgehead atoms. The van der Waals surface area contributed by atoms with E-state index < -0.39 is 10.6 Å². The van der Waals surface area contributed by atoms with Crippen LogP contribution in [0.1, 0.15) is 11.1 Å². The maximum atomic E-state index is 10.7. The number of benzene rings is 2.